The molecule has 0 bridgehead atoms. The molecule has 0 saturated heterocycles. The van der Waals surface area contributed by atoms with Gasteiger partial charge in [-0.25, -0.2) is 0 Å². The number of hydrogen-bond donors (Lipinski definition) is 4. The minimum atomic E-state index is 0.599. The standard InChI is InChI=1S/C32H34N4OS2/c1-23-24(2)30(18-17-29(23)36-32(39)34-22-20-26-11-7-4-8-12-26)37-28-15-13-27(14-16-28)35-31(38)33-21-19-25-9-5-3-6-10-25/h3-18H,19-22H2,1-2H3,(H2,33,35,38)(H2,34,36,39). The molecule has 4 rings (SSSR count). The number of hydrogen-bond acceptors (Lipinski definition) is 3. The zero-order valence-electron chi connectivity index (χ0n) is 22.3. The number of ether oxygens (including phenoxy) is 1. The molecule has 4 aromatic carbocycles. The fourth-order valence-electron chi connectivity index (χ4n) is 4.05. The molecular formula is C32H34N4OS2. The van der Waals surface area contributed by atoms with Crippen molar-refractivity contribution in [2.45, 2.75) is 26.7 Å². The van der Waals surface area contributed by atoms with E-state index >= 15 is 0 Å². The van der Waals surface area contributed by atoms with Crippen LogP contribution in [0.4, 0.5) is 11.4 Å². The third-order valence-electron chi connectivity index (χ3n) is 6.41. The van der Waals surface area contributed by atoms with Crippen molar-refractivity contribution in [2.75, 3.05) is 23.7 Å². The van der Waals surface area contributed by atoms with Crippen LogP contribution < -0.4 is 26.0 Å². The van der Waals surface area contributed by atoms with Gasteiger partial charge in [0.05, 0.1) is 0 Å². The van der Waals surface area contributed by atoms with Crippen molar-refractivity contribution in [3.63, 3.8) is 0 Å². The van der Waals surface area contributed by atoms with Crippen molar-refractivity contribution in [1.29, 1.82) is 0 Å². The molecule has 4 N–H and O–H groups in total. The average Bonchev–Trinajstić information content (AvgIpc) is 2.95. The fourth-order valence-corrected chi connectivity index (χ4v) is 4.48. The van der Waals surface area contributed by atoms with Gasteiger partial charge in [0.15, 0.2) is 10.2 Å². The second-order valence-corrected chi connectivity index (χ2v) is 10.0. The Kier molecular flexibility index (Phi) is 10.3. The Morgan fingerprint density at radius 1 is 0.615 bits per heavy atom. The van der Waals surface area contributed by atoms with Crippen LogP contribution in [-0.2, 0) is 12.8 Å². The van der Waals surface area contributed by atoms with Crippen LogP contribution in [0.3, 0.4) is 0 Å². The predicted octanol–water partition coefficient (Wildman–Crippen LogP) is 7.15. The topological polar surface area (TPSA) is 57.4 Å². The maximum Gasteiger partial charge on any atom is 0.170 e. The number of rotatable bonds is 10. The first-order chi connectivity index (χ1) is 19.0. The van der Waals surface area contributed by atoms with Gasteiger partial charge in [-0.2, -0.15) is 0 Å². The lowest BCUT2D eigenvalue weighted by atomic mass is 10.1. The normalized spacial score (nSPS) is 10.4. The summed E-state index contributed by atoms with van der Waals surface area (Å²) in [6, 6.07) is 32.5. The summed E-state index contributed by atoms with van der Waals surface area (Å²) in [4.78, 5) is 0. The molecule has 0 amide bonds. The molecule has 0 aromatic heterocycles. The smallest absolute Gasteiger partial charge is 0.170 e. The van der Waals surface area contributed by atoms with Gasteiger partial charge in [0.25, 0.3) is 0 Å². The summed E-state index contributed by atoms with van der Waals surface area (Å²) in [7, 11) is 0. The molecule has 200 valence electrons. The minimum Gasteiger partial charge on any atom is -0.457 e. The Bertz CT molecular complexity index is 1380. The van der Waals surface area contributed by atoms with Crippen LogP contribution in [0.5, 0.6) is 11.5 Å². The van der Waals surface area contributed by atoms with Crippen LogP contribution in [0.15, 0.2) is 97.1 Å². The van der Waals surface area contributed by atoms with Gasteiger partial charge in [-0.1, -0.05) is 60.7 Å². The summed E-state index contributed by atoms with van der Waals surface area (Å²) in [5.41, 5.74) is 6.57. The Hall–Kier alpha value is -3.94. The summed E-state index contributed by atoms with van der Waals surface area (Å²) >= 11 is 10.9. The second kappa shape index (κ2) is 14.3. The Balaban J connectivity index is 1.24. The summed E-state index contributed by atoms with van der Waals surface area (Å²) < 4.78 is 6.19. The van der Waals surface area contributed by atoms with Crippen LogP contribution in [0.1, 0.15) is 22.3 Å². The molecule has 0 atom stereocenters. The lowest BCUT2D eigenvalue weighted by molar-refractivity contribution is 0.478. The lowest BCUT2D eigenvalue weighted by Gasteiger charge is -2.17. The zero-order valence-corrected chi connectivity index (χ0v) is 23.9. The Labute approximate surface area is 242 Å². The second-order valence-electron chi connectivity index (χ2n) is 9.22. The van der Waals surface area contributed by atoms with E-state index in [4.69, 9.17) is 29.2 Å². The van der Waals surface area contributed by atoms with Gasteiger partial charge in [-0.3, -0.25) is 0 Å². The van der Waals surface area contributed by atoms with Crippen LogP contribution in [0.25, 0.3) is 0 Å². The quantitative estimate of drug-likeness (QED) is 0.155. The number of nitrogens with one attached hydrogen (secondary N) is 4. The molecule has 0 spiro atoms. The van der Waals surface area contributed by atoms with E-state index in [0.29, 0.717) is 10.2 Å². The highest BCUT2D eigenvalue weighted by molar-refractivity contribution is 7.80. The van der Waals surface area contributed by atoms with E-state index in [1.54, 1.807) is 0 Å². The minimum absolute atomic E-state index is 0.599. The largest absolute Gasteiger partial charge is 0.457 e. The number of anilines is 2. The van der Waals surface area contributed by atoms with Gasteiger partial charge >= 0.3 is 0 Å². The Morgan fingerprint density at radius 3 is 1.72 bits per heavy atom. The van der Waals surface area contributed by atoms with E-state index in [0.717, 1.165) is 59.9 Å². The van der Waals surface area contributed by atoms with Crippen LogP contribution >= 0.6 is 24.4 Å². The van der Waals surface area contributed by atoms with Gasteiger partial charge in [0.1, 0.15) is 11.5 Å². The van der Waals surface area contributed by atoms with Gasteiger partial charge in [-0.15, -0.1) is 0 Å². The summed E-state index contributed by atoms with van der Waals surface area (Å²) in [6.45, 7) is 5.66. The third-order valence-corrected chi connectivity index (χ3v) is 6.90. The molecule has 0 saturated carbocycles. The summed E-state index contributed by atoms with van der Waals surface area (Å²) in [6.07, 6.45) is 1.83. The molecule has 5 nitrogen and oxygen atoms in total. The highest BCUT2D eigenvalue weighted by atomic mass is 32.1. The van der Waals surface area contributed by atoms with E-state index < -0.39 is 0 Å². The molecule has 0 aliphatic rings. The highest BCUT2D eigenvalue weighted by Crippen LogP contribution is 2.31. The molecule has 7 heteroatoms. The first-order valence-corrected chi connectivity index (χ1v) is 13.9. The van der Waals surface area contributed by atoms with Gasteiger partial charge < -0.3 is 26.0 Å². The molecule has 0 aliphatic heterocycles. The van der Waals surface area contributed by atoms with E-state index in [1.165, 1.54) is 11.1 Å². The van der Waals surface area contributed by atoms with E-state index in [1.807, 2.05) is 60.7 Å². The first-order valence-electron chi connectivity index (χ1n) is 13.0. The van der Waals surface area contributed by atoms with Crippen molar-refractivity contribution >= 4 is 46.0 Å². The van der Waals surface area contributed by atoms with Gasteiger partial charge in [-0.05, 0) is 110 Å². The maximum absolute atomic E-state index is 6.19. The van der Waals surface area contributed by atoms with Gasteiger partial charge in [0.2, 0.25) is 0 Å². The van der Waals surface area contributed by atoms with Crippen molar-refractivity contribution in [3.8, 4) is 11.5 Å². The van der Waals surface area contributed by atoms with Crippen LogP contribution in [-0.4, -0.2) is 23.3 Å². The fraction of sp³-hybridized carbons (Fsp3) is 0.188. The SMILES string of the molecule is Cc1c(NC(=S)NCCc2ccccc2)ccc(Oc2ccc(NC(=S)NCCc3ccccc3)cc2)c1C. The highest BCUT2D eigenvalue weighted by Gasteiger charge is 2.10. The number of benzene rings is 4. The zero-order chi connectivity index (χ0) is 27.5. The van der Waals surface area contributed by atoms with Crippen molar-refractivity contribution in [1.82, 2.24) is 10.6 Å². The predicted molar refractivity (Wildman–Crippen MR) is 171 cm³/mol. The van der Waals surface area contributed by atoms with Crippen LogP contribution in [0, 0.1) is 13.8 Å². The average molecular weight is 555 g/mol. The van der Waals surface area contributed by atoms with Crippen molar-refractivity contribution < 1.29 is 4.74 Å². The monoisotopic (exact) mass is 554 g/mol. The van der Waals surface area contributed by atoms with Crippen molar-refractivity contribution in [2.24, 2.45) is 0 Å². The van der Waals surface area contributed by atoms with E-state index in [9.17, 15) is 0 Å². The third kappa shape index (κ3) is 8.80. The molecule has 0 heterocycles. The number of thiocarbonyl (C=S) groups is 2. The molecule has 4 aromatic rings. The molecule has 0 unspecified atom stereocenters. The maximum atomic E-state index is 6.19. The summed E-state index contributed by atoms with van der Waals surface area (Å²) in [5.74, 6) is 1.56. The van der Waals surface area contributed by atoms with Gasteiger partial charge in [0, 0.05) is 24.5 Å². The lowest BCUT2D eigenvalue weighted by Crippen LogP contribution is -2.30. The Morgan fingerprint density at radius 2 is 1.15 bits per heavy atom. The molecule has 39 heavy (non-hydrogen) atoms. The van der Waals surface area contributed by atoms with Crippen LogP contribution in [0.2, 0.25) is 0 Å². The van der Waals surface area contributed by atoms with E-state index in [2.05, 4.69) is 71.5 Å². The molecular weight excluding hydrogens is 521 g/mol. The summed E-state index contributed by atoms with van der Waals surface area (Å²) in [5, 5.41) is 14.3. The van der Waals surface area contributed by atoms with Crippen molar-refractivity contribution in [3.05, 3.63) is 119 Å². The molecule has 0 aliphatic carbocycles. The first kappa shape index (κ1) is 28.1. The van der Waals surface area contributed by atoms with E-state index in [-0.39, 0.29) is 0 Å². The molecule has 0 radical (unpaired) electrons. The molecule has 0 fully saturated rings.